The molecule has 0 saturated heterocycles. The maximum absolute atomic E-state index is 13.4. The van der Waals surface area contributed by atoms with E-state index in [9.17, 15) is 8.42 Å². The van der Waals surface area contributed by atoms with Gasteiger partial charge >= 0.3 is 0 Å². The van der Waals surface area contributed by atoms with E-state index in [-0.39, 0.29) is 4.90 Å². The number of hydrogen-bond donors (Lipinski definition) is 0. The van der Waals surface area contributed by atoms with Crippen LogP contribution in [0.25, 0.3) is 0 Å². The average molecular weight is 406 g/mol. The zero-order valence-corrected chi connectivity index (χ0v) is 18.1. The summed E-state index contributed by atoms with van der Waals surface area (Å²) in [5, 5.41) is 0. The molecule has 0 aliphatic heterocycles. The van der Waals surface area contributed by atoms with Crippen LogP contribution in [0, 0.1) is 6.92 Å². The minimum Gasteiger partial charge on any atom is -0.497 e. The number of unbranched alkanes of at least 4 members (excludes halogenated alkanes) is 4. The zero-order chi connectivity index (χ0) is 20.6. The average Bonchev–Trinajstić information content (AvgIpc) is 2.70. The Labute approximate surface area is 169 Å². The van der Waals surface area contributed by atoms with Gasteiger partial charge < -0.3 is 9.47 Å². The van der Waals surface area contributed by atoms with Crippen LogP contribution in [0.3, 0.4) is 0 Å². The standard InChI is InChI=1S/C22H31NO4S/c1-5-6-7-8-9-14-23(19-15-20(26-3)17-21(16-19)27-4)28(24,25)22-12-10-18(2)11-13-22/h10-13,15-17H,5-9,14H2,1-4H3. The Morgan fingerprint density at radius 3 is 1.96 bits per heavy atom. The molecule has 5 nitrogen and oxygen atoms in total. The summed E-state index contributed by atoms with van der Waals surface area (Å²) in [6, 6.07) is 12.2. The summed E-state index contributed by atoms with van der Waals surface area (Å²) in [5.41, 5.74) is 1.57. The lowest BCUT2D eigenvalue weighted by Crippen LogP contribution is -2.32. The number of hydrogen-bond acceptors (Lipinski definition) is 4. The van der Waals surface area contributed by atoms with Crippen LogP contribution in [0.4, 0.5) is 5.69 Å². The summed E-state index contributed by atoms with van der Waals surface area (Å²) in [6.45, 7) is 4.52. The highest BCUT2D eigenvalue weighted by Gasteiger charge is 2.25. The minimum atomic E-state index is -3.69. The maximum Gasteiger partial charge on any atom is 0.264 e. The summed E-state index contributed by atoms with van der Waals surface area (Å²) >= 11 is 0. The van der Waals surface area contributed by atoms with Crippen molar-refractivity contribution in [2.24, 2.45) is 0 Å². The molecule has 0 heterocycles. The maximum atomic E-state index is 13.4. The van der Waals surface area contributed by atoms with Crippen LogP contribution in [-0.2, 0) is 10.0 Å². The summed E-state index contributed by atoms with van der Waals surface area (Å²) in [5.74, 6) is 1.12. The molecule has 2 aromatic rings. The molecule has 0 N–H and O–H groups in total. The van der Waals surface area contributed by atoms with Crippen LogP contribution in [0.5, 0.6) is 11.5 Å². The zero-order valence-electron chi connectivity index (χ0n) is 17.3. The molecule has 154 valence electrons. The molecule has 0 fully saturated rings. The lowest BCUT2D eigenvalue weighted by atomic mass is 10.1. The molecule has 0 radical (unpaired) electrons. The van der Waals surface area contributed by atoms with Gasteiger partial charge in [-0.15, -0.1) is 0 Å². The monoisotopic (exact) mass is 405 g/mol. The van der Waals surface area contributed by atoms with E-state index in [4.69, 9.17) is 9.47 Å². The van der Waals surface area contributed by atoms with Gasteiger partial charge in [0.25, 0.3) is 10.0 Å². The van der Waals surface area contributed by atoms with Gasteiger partial charge in [-0.3, -0.25) is 4.31 Å². The van der Waals surface area contributed by atoms with Gasteiger partial charge in [-0.1, -0.05) is 50.3 Å². The van der Waals surface area contributed by atoms with E-state index in [1.807, 2.05) is 19.1 Å². The van der Waals surface area contributed by atoms with Crippen molar-refractivity contribution in [3.05, 3.63) is 48.0 Å². The van der Waals surface area contributed by atoms with Gasteiger partial charge in [0.1, 0.15) is 11.5 Å². The fourth-order valence-electron chi connectivity index (χ4n) is 3.02. The lowest BCUT2D eigenvalue weighted by Gasteiger charge is -2.25. The molecule has 0 aliphatic carbocycles. The Morgan fingerprint density at radius 1 is 0.857 bits per heavy atom. The molecular formula is C22H31NO4S. The van der Waals surface area contributed by atoms with Gasteiger partial charge in [0.15, 0.2) is 0 Å². The molecule has 0 bridgehead atoms. The Hall–Kier alpha value is -2.21. The van der Waals surface area contributed by atoms with Crippen molar-refractivity contribution in [1.29, 1.82) is 0 Å². The fraction of sp³-hybridized carbons (Fsp3) is 0.455. The molecule has 0 saturated carbocycles. The number of ether oxygens (including phenoxy) is 2. The van der Waals surface area contributed by atoms with Crippen molar-refractivity contribution in [1.82, 2.24) is 0 Å². The van der Waals surface area contributed by atoms with Crippen LogP contribution in [0.15, 0.2) is 47.4 Å². The van der Waals surface area contributed by atoms with Crippen molar-refractivity contribution in [3.8, 4) is 11.5 Å². The third-order valence-corrected chi connectivity index (χ3v) is 6.54. The first-order valence-electron chi connectivity index (χ1n) is 9.75. The lowest BCUT2D eigenvalue weighted by molar-refractivity contribution is 0.394. The van der Waals surface area contributed by atoms with Crippen LogP contribution < -0.4 is 13.8 Å². The van der Waals surface area contributed by atoms with Gasteiger partial charge in [0, 0.05) is 24.7 Å². The van der Waals surface area contributed by atoms with E-state index in [0.717, 1.165) is 37.7 Å². The van der Waals surface area contributed by atoms with E-state index in [1.54, 1.807) is 44.6 Å². The van der Waals surface area contributed by atoms with Gasteiger partial charge in [-0.2, -0.15) is 0 Å². The van der Waals surface area contributed by atoms with Crippen molar-refractivity contribution < 1.29 is 17.9 Å². The SMILES string of the molecule is CCCCCCCN(c1cc(OC)cc(OC)c1)S(=O)(=O)c1ccc(C)cc1. The molecule has 28 heavy (non-hydrogen) atoms. The topological polar surface area (TPSA) is 55.8 Å². The van der Waals surface area contributed by atoms with Crippen molar-refractivity contribution in [3.63, 3.8) is 0 Å². The second-order valence-electron chi connectivity index (χ2n) is 6.88. The summed E-state index contributed by atoms with van der Waals surface area (Å²) in [6.07, 6.45) is 5.21. The van der Waals surface area contributed by atoms with Crippen molar-refractivity contribution in [2.75, 3.05) is 25.1 Å². The Bertz CT molecular complexity index is 825. The number of nitrogens with zero attached hydrogens (tertiary/aromatic N) is 1. The van der Waals surface area contributed by atoms with Gasteiger partial charge in [0.05, 0.1) is 24.8 Å². The van der Waals surface area contributed by atoms with Crippen LogP contribution in [-0.4, -0.2) is 29.2 Å². The first kappa shape index (κ1) is 22.1. The van der Waals surface area contributed by atoms with E-state index >= 15 is 0 Å². The van der Waals surface area contributed by atoms with E-state index in [1.165, 1.54) is 4.31 Å². The number of anilines is 1. The number of methoxy groups -OCH3 is 2. The van der Waals surface area contributed by atoms with Crippen molar-refractivity contribution >= 4 is 15.7 Å². The molecule has 0 spiro atoms. The number of rotatable bonds is 11. The number of benzene rings is 2. The van der Waals surface area contributed by atoms with E-state index in [0.29, 0.717) is 23.7 Å². The van der Waals surface area contributed by atoms with Crippen LogP contribution in [0.1, 0.15) is 44.6 Å². The molecule has 2 rings (SSSR count). The highest BCUT2D eigenvalue weighted by molar-refractivity contribution is 7.92. The first-order valence-corrected chi connectivity index (χ1v) is 11.2. The highest BCUT2D eigenvalue weighted by atomic mass is 32.2. The molecule has 2 aromatic carbocycles. The third-order valence-electron chi connectivity index (χ3n) is 4.70. The molecule has 0 atom stereocenters. The molecule has 0 aromatic heterocycles. The molecular weight excluding hydrogens is 374 g/mol. The smallest absolute Gasteiger partial charge is 0.264 e. The Kier molecular flexibility index (Phi) is 8.18. The Morgan fingerprint density at radius 2 is 1.43 bits per heavy atom. The van der Waals surface area contributed by atoms with Gasteiger partial charge in [0.2, 0.25) is 0 Å². The largest absolute Gasteiger partial charge is 0.497 e. The third kappa shape index (κ3) is 5.64. The van der Waals surface area contributed by atoms with Crippen LogP contribution >= 0.6 is 0 Å². The second-order valence-corrected chi connectivity index (χ2v) is 8.74. The predicted octanol–water partition coefficient (Wildman–Crippen LogP) is 5.18. The van der Waals surface area contributed by atoms with Crippen molar-refractivity contribution in [2.45, 2.75) is 50.8 Å². The summed E-state index contributed by atoms with van der Waals surface area (Å²) in [7, 11) is -0.576. The quantitative estimate of drug-likeness (QED) is 0.484. The predicted molar refractivity (Wildman–Crippen MR) is 114 cm³/mol. The minimum absolute atomic E-state index is 0.286. The van der Waals surface area contributed by atoms with Crippen LogP contribution in [0.2, 0.25) is 0 Å². The molecule has 6 heteroatoms. The van der Waals surface area contributed by atoms with Gasteiger partial charge in [-0.05, 0) is 25.5 Å². The van der Waals surface area contributed by atoms with Gasteiger partial charge in [-0.25, -0.2) is 8.42 Å². The summed E-state index contributed by atoms with van der Waals surface area (Å²) in [4.78, 5) is 0.286. The molecule has 0 unspecified atom stereocenters. The summed E-state index contributed by atoms with van der Waals surface area (Å²) < 4.78 is 39.0. The molecule has 0 aliphatic rings. The number of sulfonamides is 1. The Balaban J connectivity index is 2.40. The van der Waals surface area contributed by atoms with E-state index < -0.39 is 10.0 Å². The molecule has 0 amide bonds. The first-order chi connectivity index (χ1) is 13.4. The highest BCUT2D eigenvalue weighted by Crippen LogP contribution is 2.32. The normalized spacial score (nSPS) is 11.3. The number of aryl methyl sites for hydroxylation is 1. The van der Waals surface area contributed by atoms with E-state index in [2.05, 4.69) is 6.92 Å². The fourth-order valence-corrected chi connectivity index (χ4v) is 4.51. The second kappa shape index (κ2) is 10.4.